The zero-order chi connectivity index (χ0) is 20.2. The normalized spacial score (nSPS) is 19.1. The van der Waals surface area contributed by atoms with Crippen LogP contribution in [0.1, 0.15) is 77.8 Å². The van der Waals surface area contributed by atoms with Crippen molar-refractivity contribution in [2.75, 3.05) is 0 Å². The summed E-state index contributed by atoms with van der Waals surface area (Å²) >= 11 is 3.99. The van der Waals surface area contributed by atoms with Gasteiger partial charge in [-0.25, -0.2) is 0 Å². The van der Waals surface area contributed by atoms with Crippen molar-refractivity contribution in [2.45, 2.75) is 57.3 Å². The molecule has 0 aromatic heterocycles. The molecule has 3 aromatic rings. The van der Waals surface area contributed by atoms with Gasteiger partial charge in [0.15, 0.2) is 0 Å². The molecule has 0 amide bonds. The summed E-state index contributed by atoms with van der Waals surface area (Å²) in [6.45, 7) is 2.34. The highest BCUT2D eigenvalue weighted by molar-refractivity contribution is 9.10. The van der Waals surface area contributed by atoms with Crippen molar-refractivity contribution in [2.24, 2.45) is 0 Å². The van der Waals surface area contributed by atoms with Crippen LogP contribution >= 0.6 is 15.9 Å². The van der Waals surface area contributed by atoms with E-state index in [1.54, 1.807) is 16.7 Å². The van der Waals surface area contributed by atoms with Gasteiger partial charge in [0.2, 0.25) is 0 Å². The van der Waals surface area contributed by atoms with Crippen molar-refractivity contribution >= 4 is 22.0 Å². The third-order valence-electron chi connectivity index (χ3n) is 7.66. The van der Waals surface area contributed by atoms with E-state index >= 15 is 0 Å². The van der Waals surface area contributed by atoms with E-state index in [2.05, 4.69) is 83.5 Å². The minimum Gasteiger partial charge on any atom is -0.0652 e. The Bertz CT molecular complexity index is 1140. The molecule has 0 saturated heterocycles. The Morgan fingerprint density at radius 1 is 0.800 bits per heavy atom. The van der Waals surface area contributed by atoms with Crippen LogP contribution in [-0.4, -0.2) is 0 Å². The van der Waals surface area contributed by atoms with Gasteiger partial charge in [0.1, 0.15) is 0 Å². The van der Waals surface area contributed by atoms with Gasteiger partial charge in [0.05, 0.1) is 0 Å². The summed E-state index contributed by atoms with van der Waals surface area (Å²) in [6.07, 6.45) is 10.0. The zero-order valence-corrected chi connectivity index (χ0v) is 19.1. The van der Waals surface area contributed by atoms with Gasteiger partial charge >= 0.3 is 0 Å². The molecular formula is C29H27Br. The highest BCUT2D eigenvalue weighted by Gasteiger charge is 2.32. The number of allylic oxidation sites excluding steroid dienone is 1. The highest BCUT2D eigenvalue weighted by atomic mass is 79.9. The molecule has 3 aliphatic rings. The monoisotopic (exact) mass is 454 g/mol. The molecule has 150 valence electrons. The zero-order valence-electron chi connectivity index (χ0n) is 17.5. The third-order valence-corrected chi connectivity index (χ3v) is 8.56. The van der Waals surface area contributed by atoms with E-state index in [9.17, 15) is 0 Å². The van der Waals surface area contributed by atoms with Gasteiger partial charge in [0.25, 0.3) is 0 Å². The van der Waals surface area contributed by atoms with Crippen molar-refractivity contribution < 1.29 is 0 Å². The van der Waals surface area contributed by atoms with Gasteiger partial charge in [-0.3, -0.25) is 0 Å². The maximum absolute atomic E-state index is 3.99. The quantitative estimate of drug-likeness (QED) is 0.372. The van der Waals surface area contributed by atoms with Crippen molar-refractivity contribution in [1.82, 2.24) is 0 Å². The molecule has 0 heterocycles. The molecule has 3 aliphatic carbocycles. The summed E-state index contributed by atoms with van der Waals surface area (Å²) in [5.74, 6) is 1.08. The number of hydrogen-bond donors (Lipinski definition) is 0. The van der Waals surface area contributed by atoms with E-state index in [0.717, 1.165) is 0 Å². The van der Waals surface area contributed by atoms with Crippen molar-refractivity contribution in [3.63, 3.8) is 0 Å². The first-order chi connectivity index (χ1) is 14.7. The lowest BCUT2D eigenvalue weighted by atomic mass is 9.82. The first-order valence-corrected chi connectivity index (χ1v) is 12.2. The van der Waals surface area contributed by atoms with E-state index in [-0.39, 0.29) is 0 Å². The fourth-order valence-electron chi connectivity index (χ4n) is 6.19. The number of fused-ring (bicyclic) bond motifs is 5. The molecule has 0 nitrogen and oxygen atoms in total. The third kappa shape index (κ3) is 2.78. The van der Waals surface area contributed by atoms with Crippen LogP contribution in [0.2, 0.25) is 0 Å². The number of benzene rings is 3. The summed E-state index contributed by atoms with van der Waals surface area (Å²) < 4.78 is 1.38. The van der Waals surface area contributed by atoms with Crippen molar-refractivity contribution in [3.05, 3.63) is 98.0 Å². The Morgan fingerprint density at radius 2 is 1.43 bits per heavy atom. The van der Waals surface area contributed by atoms with E-state index < -0.39 is 0 Å². The van der Waals surface area contributed by atoms with Crippen LogP contribution < -0.4 is 0 Å². The second kappa shape index (κ2) is 7.24. The van der Waals surface area contributed by atoms with Crippen LogP contribution in [0.5, 0.6) is 0 Å². The van der Waals surface area contributed by atoms with Gasteiger partial charge in [0, 0.05) is 16.3 Å². The number of halogens is 1. The fraction of sp³-hybridized carbons (Fsp3) is 0.310. The van der Waals surface area contributed by atoms with E-state index in [0.29, 0.717) is 11.8 Å². The molecule has 3 aromatic carbocycles. The average Bonchev–Trinajstić information content (AvgIpc) is 3.27. The first-order valence-electron chi connectivity index (χ1n) is 11.4. The molecule has 1 unspecified atom stereocenters. The molecule has 0 fully saturated rings. The molecule has 0 radical (unpaired) electrons. The maximum Gasteiger partial charge on any atom is 0.0285 e. The van der Waals surface area contributed by atoms with E-state index in [1.807, 2.05) is 0 Å². The molecule has 1 heteroatoms. The Hall–Kier alpha value is -2.12. The Balaban J connectivity index is 1.33. The number of rotatable bonds is 3. The van der Waals surface area contributed by atoms with Crippen LogP contribution in [0.3, 0.4) is 0 Å². The molecular weight excluding hydrogens is 428 g/mol. The van der Waals surface area contributed by atoms with Gasteiger partial charge in [-0.15, -0.1) is 0 Å². The van der Waals surface area contributed by atoms with Gasteiger partial charge < -0.3 is 0 Å². The van der Waals surface area contributed by atoms with Crippen LogP contribution in [0.4, 0.5) is 0 Å². The average molecular weight is 455 g/mol. The lowest BCUT2D eigenvalue weighted by Gasteiger charge is -2.23. The lowest BCUT2D eigenvalue weighted by Crippen LogP contribution is -2.08. The molecule has 6 rings (SSSR count). The second-order valence-corrected chi connectivity index (χ2v) is 10.1. The number of aryl methyl sites for hydroxylation is 1. The van der Waals surface area contributed by atoms with Crippen LogP contribution in [0.25, 0.3) is 17.2 Å². The number of hydrogen-bond acceptors (Lipinski definition) is 0. The Labute approximate surface area is 188 Å². The highest BCUT2D eigenvalue weighted by Crippen LogP contribution is 2.50. The van der Waals surface area contributed by atoms with Crippen molar-refractivity contribution in [3.8, 4) is 11.1 Å². The molecule has 0 saturated carbocycles. The lowest BCUT2D eigenvalue weighted by molar-refractivity contribution is 0.615. The van der Waals surface area contributed by atoms with E-state index in [1.165, 1.54) is 76.4 Å². The predicted molar refractivity (Wildman–Crippen MR) is 130 cm³/mol. The summed E-state index contributed by atoms with van der Waals surface area (Å²) in [5, 5.41) is 0. The first kappa shape index (κ1) is 18.6. The van der Waals surface area contributed by atoms with Crippen LogP contribution in [0, 0.1) is 0 Å². The molecule has 0 aliphatic heterocycles. The molecule has 0 spiro atoms. The van der Waals surface area contributed by atoms with E-state index in [4.69, 9.17) is 0 Å². The SMILES string of the molecule is CC1=Cc2c(cc3c(c2Br)CCCC3)C1CCC1c2ccccc2-c2ccccc21. The molecule has 0 N–H and O–H groups in total. The molecule has 30 heavy (non-hydrogen) atoms. The van der Waals surface area contributed by atoms with Gasteiger partial charge in [-0.05, 0) is 106 Å². The summed E-state index contributed by atoms with van der Waals surface area (Å²) in [5.41, 5.74) is 13.6. The summed E-state index contributed by atoms with van der Waals surface area (Å²) in [4.78, 5) is 0. The summed E-state index contributed by atoms with van der Waals surface area (Å²) in [6, 6.07) is 20.6. The predicted octanol–water partition coefficient (Wildman–Crippen LogP) is 8.42. The van der Waals surface area contributed by atoms with Gasteiger partial charge in [-0.2, -0.15) is 0 Å². The standard InChI is InChI=1S/C29H27Br/c1-18-16-28-27(17-19-8-2-3-9-21(19)29(28)30)20(18)14-15-26-24-12-6-4-10-22(24)23-11-5-7-13-25(23)26/h4-7,10-13,16-17,20,26H,2-3,8-9,14-15H2,1H3. The van der Waals surface area contributed by atoms with Crippen LogP contribution in [-0.2, 0) is 12.8 Å². The summed E-state index contributed by atoms with van der Waals surface area (Å²) in [7, 11) is 0. The maximum atomic E-state index is 3.99. The Morgan fingerprint density at radius 3 is 2.17 bits per heavy atom. The van der Waals surface area contributed by atoms with Gasteiger partial charge in [-0.1, -0.05) is 66.2 Å². The molecule has 0 bridgehead atoms. The minimum absolute atomic E-state index is 0.523. The minimum atomic E-state index is 0.523. The Kier molecular flexibility index (Phi) is 4.49. The largest absolute Gasteiger partial charge is 0.0652 e. The second-order valence-electron chi connectivity index (χ2n) is 9.28. The molecule has 1 atom stereocenters. The topological polar surface area (TPSA) is 0 Å². The van der Waals surface area contributed by atoms with Crippen molar-refractivity contribution in [1.29, 1.82) is 0 Å². The fourth-order valence-corrected chi connectivity index (χ4v) is 6.99. The van der Waals surface area contributed by atoms with Crippen LogP contribution in [0.15, 0.2) is 64.6 Å². The smallest absolute Gasteiger partial charge is 0.0285 e.